The molecule has 0 bridgehead atoms. The molecular formula is C10H13BrN4O3. The van der Waals surface area contributed by atoms with Crippen molar-refractivity contribution in [2.75, 3.05) is 5.32 Å². The topological polar surface area (TPSA) is 107 Å². The first-order valence-corrected chi connectivity index (χ1v) is 5.80. The number of hydrogen-bond donors (Lipinski definition) is 2. The molecule has 0 atom stereocenters. The summed E-state index contributed by atoms with van der Waals surface area (Å²) >= 11 is 3.05. The number of amides is 2. The zero-order chi connectivity index (χ0) is 13.9. The fraction of sp³-hybridized carbons (Fsp3) is 0.400. The highest BCUT2D eigenvalue weighted by Gasteiger charge is 2.20. The van der Waals surface area contributed by atoms with Gasteiger partial charge in [-0.15, -0.1) is 0 Å². The minimum atomic E-state index is -0.796. The largest absolute Gasteiger partial charge is 0.444 e. The van der Waals surface area contributed by atoms with Crippen molar-refractivity contribution in [1.82, 2.24) is 9.97 Å². The van der Waals surface area contributed by atoms with Crippen LogP contribution in [0.25, 0.3) is 0 Å². The van der Waals surface area contributed by atoms with Gasteiger partial charge in [0.25, 0.3) is 5.91 Å². The number of nitrogens with zero attached hydrogens (tertiary/aromatic N) is 2. The van der Waals surface area contributed by atoms with E-state index in [-0.39, 0.29) is 11.5 Å². The Labute approximate surface area is 112 Å². The lowest BCUT2D eigenvalue weighted by atomic mass is 10.2. The van der Waals surface area contributed by atoms with Gasteiger partial charge in [0.05, 0.1) is 6.20 Å². The third-order valence-electron chi connectivity index (χ3n) is 1.60. The van der Waals surface area contributed by atoms with Crippen molar-refractivity contribution in [3.05, 3.63) is 16.5 Å². The van der Waals surface area contributed by atoms with Gasteiger partial charge in [-0.25, -0.2) is 14.8 Å². The van der Waals surface area contributed by atoms with Gasteiger partial charge >= 0.3 is 6.09 Å². The maximum absolute atomic E-state index is 11.5. The van der Waals surface area contributed by atoms with E-state index in [0.29, 0.717) is 4.60 Å². The van der Waals surface area contributed by atoms with E-state index in [9.17, 15) is 9.59 Å². The Morgan fingerprint density at radius 1 is 1.44 bits per heavy atom. The molecule has 0 unspecified atom stereocenters. The molecule has 0 aromatic carbocycles. The monoisotopic (exact) mass is 316 g/mol. The summed E-state index contributed by atoms with van der Waals surface area (Å²) in [6, 6.07) is 0. The summed E-state index contributed by atoms with van der Waals surface area (Å²) in [5.41, 5.74) is 4.34. The van der Waals surface area contributed by atoms with Crippen LogP contribution in [-0.4, -0.2) is 27.6 Å². The lowest BCUT2D eigenvalue weighted by Gasteiger charge is -2.19. The number of anilines is 1. The fourth-order valence-corrected chi connectivity index (χ4v) is 1.31. The van der Waals surface area contributed by atoms with Crippen molar-refractivity contribution in [3.63, 3.8) is 0 Å². The Hall–Kier alpha value is -1.70. The molecule has 2 amide bonds. The molecule has 0 aliphatic heterocycles. The molecule has 0 aliphatic carbocycles. The molecule has 98 valence electrons. The number of primary amides is 1. The van der Waals surface area contributed by atoms with Crippen LogP contribution in [0.1, 0.15) is 31.3 Å². The lowest BCUT2D eigenvalue weighted by Crippen LogP contribution is -2.29. The van der Waals surface area contributed by atoms with E-state index in [1.807, 2.05) is 0 Å². The van der Waals surface area contributed by atoms with Crippen LogP contribution in [0.4, 0.5) is 10.6 Å². The van der Waals surface area contributed by atoms with E-state index >= 15 is 0 Å². The van der Waals surface area contributed by atoms with Crippen LogP contribution in [0.3, 0.4) is 0 Å². The van der Waals surface area contributed by atoms with Crippen LogP contribution in [0.2, 0.25) is 0 Å². The van der Waals surface area contributed by atoms with Gasteiger partial charge < -0.3 is 10.5 Å². The van der Waals surface area contributed by atoms with E-state index in [4.69, 9.17) is 10.5 Å². The Bertz CT molecular complexity index is 485. The molecule has 18 heavy (non-hydrogen) atoms. The average molecular weight is 317 g/mol. The van der Waals surface area contributed by atoms with E-state index in [2.05, 4.69) is 31.2 Å². The highest BCUT2D eigenvalue weighted by molar-refractivity contribution is 9.10. The zero-order valence-electron chi connectivity index (χ0n) is 10.2. The van der Waals surface area contributed by atoms with Crippen molar-refractivity contribution >= 4 is 33.7 Å². The van der Waals surface area contributed by atoms with Crippen LogP contribution >= 0.6 is 15.9 Å². The molecule has 0 saturated carbocycles. The molecule has 7 nitrogen and oxygen atoms in total. The molecule has 1 heterocycles. The summed E-state index contributed by atoms with van der Waals surface area (Å²) in [5.74, 6) is -0.838. The van der Waals surface area contributed by atoms with Crippen LogP contribution in [0, 0.1) is 0 Å². The molecule has 8 heteroatoms. The Morgan fingerprint density at radius 3 is 2.56 bits per heavy atom. The number of carbonyl (C=O) groups excluding carboxylic acids is 2. The van der Waals surface area contributed by atoms with Crippen molar-refractivity contribution in [3.8, 4) is 0 Å². The van der Waals surface area contributed by atoms with Gasteiger partial charge in [0.15, 0.2) is 11.5 Å². The number of carbonyl (C=O) groups is 2. The zero-order valence-corrected chi connectivity index (χ0v) is 11.7. The summed E-state index contributed by atoms with van der Waals surface area (Å²) < 4.78 is 5.36. The minimum Gasteiger partial charge on any atom is -0.444 e. The van der Waals surface area contributed by atoms with E-state index in [0.717, 1.165) is 0 Å². The molecule has 1 rings (SSSR count). The smallest absolute Gasteiger partial charge is 0.413 e. The fourth-order valence-electron chi connectivity index (χ4n) is 1.03. The number of ether oxygens (including phenoxy) is 1. The maximum atomic E-state index is 11.5. The first-order chi connectivity index (χ1) is 8.19. The second-order valence-corrected chi connectivity index (χ2v) is 5.19. The first-order valence-electron chi connectivity index (χ1n) is 5.01. The Kier molecular flexibility index (Phi) is 4.23. The third-order valence-corrected chi connectivity index (χ3v) is 1.98. The summed E-state index contributed by atoms with van der Waals surface area (Å²) in [6.07, 6.45) is 0.598. The number of aromatic nitrogens is 2. The number of halogens is 1. The highest BCUT2D eigenvalue weighted by atomic mass is 79.9. The molecule has 1 aromatic heterocycles. The first kappa shape index (κ1) is 14.4. The molecule has 0 aliphatic rings. The van der Waals surface area contributed by atoms with Crippen molar-refractivity contribution in [1.29, 1.82) is 0 Å². The Balaban J connectivity index is 2.91. The molecule has 0 fully saturated rings. The van der Waals surface area contributed by atoms with Gasteiger partial charge in [-0.2, -0.15) is 0 Å². The standard InChI is InChI=1S/C10H13BrN4O3/c1-10(2,3)18-9(17)15-8-6(7(12)16)14-5(11)4-13-8/h4H,1-3H3,(H2,12,16)(H,13,15,17). The molecule has 1 aromatic rings. The summed E-state index contributed by atoms with van der Waals surface area (Å²) in [5, 5.41) is 2.32. The summed E-state index contributed by atoms with van der Waals surface area (Å²) in [6.45, 7) is 5.15. The molecule has 0 spiro atoms. The van der Waals surface area contributed by atoms with Crippen LogP contribution in [0.15, 0.2) is 10.8 Å². The predicted molar refractivity (Wildman–Crippen MR) is 68.1 cm³/mol. The van der Waals surface area contributed by atoms with E-state index < -0.39 is 17.6 Å². The lowest BCUT2D eigenvalue weighted by molar-refractivity contribution is 0.0635. The Morgan fingerprint density at radius 2 is 2.06 bits per heavy atom. The quantitative estimate of drug-likeness (QED) is 0.863. The number of hydrogen-bond acceptors (Lipinski definition) is 5. The van der Waals surface area contributed by atoms with Gasteiger partial charge in [-0.1, -0.05) is 0 Å². The summed E-state index contributed by atoms with van der Waals surface area (Å²) in [7, 11) is 0. The minimum absolute atomic E-state index is 0.0417. The number of rotatable bonds is 2. The normalized spacial score (nSPS) is 10.9. The SMILES string of the molecule is CC(C)(C)OC(=O)Nc1ncc(Br)nc1C(N)=O. The predicted octanol–water partition coefficient (Wildman–Crippen LogP) is 1.68. The molecule has 3 N–H and O–H groups in total. The van der Waals surface area contributed by atoms with E-state index in [1.165, 1.54) is 6.20 Å². The highest BCUT2D eigenvalue weighted by Crippen LogP contribution is 2.15. The van der Waals surface area contributed by atoms with Crippen molar-refractivity contribution in [2.24, 2.45) is 5.73 Å². The third kappa shape index (κ3) is 4.28. The van der Waals surface area contributed by atoms with Gasteiger partial charge in [-0.3, -0.25) is 10.1 Å². The van der Waals surface area contributed by atoms with Gasteiger partial charge in [0.1, 0.15) is 10.2 Å². The second-order valence-electron chi connectivity index (χ2n) is 4.38. The van der Waals surface area contributed by atoms with Crippen molar-refractivity contribution in [2.45, 2.75) is 26.4 Å². The number of nitrogens with two attached hydrogens (primary N) is 1. The van der Waals surface area contributed by atoms with Gasteiger partial charge in [-0.05, 0) is 36.7 Å². The van der Waals surface area contributed by atoms with E-state index in [1.54, 1.807) is 20.8 Å². The molecule has 0 radical (unpaired) electrons. The van der Waals surface area contributed by atoms with Crippen LogP contribution in [0.5, 0.6) is 0 Å². The maximum Gasteiger partial charge on any atom is 0.413 e. The van der Waals surface area contributed by atoms with Crippen LogP contribution in [-0.2, 0) is 4.74 Å². The van der Waals surface area contributed by atoms with Gasteiger partial charge in [0, 0.05) is 0 Å². The number of nitrogens with one attached hydrogen (secondary N) is 1. The summed E-state index contributed by atoms with van der Waals surface area (Å²) in [4.78, 5) is 30.3. The van der Waals surface area contributed by atoms with Gasteiger partial charge in [0.2, 0.25) is 0 Å². The van der Waals surface area contributed by atoms with Crippen LogP contribution < -0.4 is 11.1 Å². The second kappa shape index (κ2) is 5.30. The molecule has 0 saturated heterocycles. The molecular weight excluding hydrogens is 304 g/mol. The van der Waals surface area contributed by atoms with Crippen molar-refractivity contribution < 1.29 is 14.3 Å². The average Bonchev–Trinajstić information content (AvgIpc) is 2.17.